The third kappa shape index (κ3) is 5.38. The Morgan fingerprint density at radius 2 is 2.10 bits per heavy atom. The van der Waals surface area contributed by atoms with Crippen molar-refractivity contribution in [2.45, 2.75) is 32.1 Å². The van der Waals surface area contributed by atoms with E-state index in [9.17, 15) is 14.0 Å². The molecule has 1 atom stereocenters. The van der Waals surface area contributed by atoms with Crippen LogP contribution in [-0.2, 0) is 9.59 Å². The molecule has 110 valence electrons. The van der Waals surface area contributed by atoms with Crippen molar-refractivity contribution in [3.05, 3.63) is 35.6 Å². The number of hydrogen-bond acceptors (Lipinski definition) is 2. The van der Waals surface area contributed by atoms with Crippen molar-refractivity contribution in [3.8, 4) is 0 Å². The number of carboxylic acid groups (broad SMARTS) is 1. The van der Waals surface area contributed by atoms with Crippen LogP contribution in [0.1, 0.15) is 37.7 Å². The number of carbonyl (C=O) groups is 2. The lowest BCUT2D eigenvalue weighted by Gasteiger charge is -2.19. The van der Waals surface area contributed by atoms with E-state index in [-0.39, 0.29) is 30.5 Å². The summed E-state index contributed by atoms with van der Waals surface area (Å²) in [5.41, 5.74) is 0.789. The highest BCUT2D eigenvalue weighted by Crippen LogP contribution is 2.20. The summed E-state index contributed by atoms with van der Waals surface area (Å²) in [7, 11) is 1.66. The number of aliphatic carboxylic acids is 1. The molecule has 0 radical (unpaired) electrons. The van der Waals surface area contributed by atoms with Gasteiger partial charge in [0.15, 0.2) is 0 Å². The number of carboxylic acids is 1. The number of nitrogens with zero attached hydrogens (tertiary/aromatic N) is 1. The molecule has 0 aliphatic heterocycles. The Morgan fingerprint density at radius 1 is 1.40 bits per heavy atom. The van der Waals surface area contributed by atoms with Gasteiger partial charge in [-0.3, -0.25) is 9.59 Å². The van der Waals surface area contributed by atoms with Gasteiger partial charge in [-0.2, -0.15) is 0 Å². The fourth-order valence-corrected chi connectivity index (χ4v) is 1.94. The molecule has 1 amide bonds. The van der Waals surface area contributed by atoms with Gasteiger partial charge in [0.25, 0.3) is 0 Å². The molecule has 1 N–H and O–H groups in total. The van der Waals surface area contributed by atoms with Crippen molar-refractivity contribution < 1.29 is 19.1 Å². The number of halogens is 1. The molecule has 0 heterocycles. The molecule has 1 rings (SSSR count). The minimum absolute atomic E-state index is 0.0526. The molecular formula is C15H20FNO3. The molecule has 0 saturated carbocycles. The fourth-order valence-electron chi connectivity index (χ4n) is 1.94. The van der Waals surface area contributed by atoms with Crippen LogP contribution in [0.2, 0.25) is 0 Å². The highest BCUT2D eigenvalue weighted by atomic mass is 19.1. The summed E-state index contributed by atoms with van der Waals surface area (Å²) >= 11 is 0. The van der Waals surface area contributed by atoms with Crippen molar-refractivity contribution in [2.75, 3.05) is 13.6 Å². The Bertz CT molecular complexity index is 476. The first-order valence-electron chi connectivity index (χ1n) is 6.61. The molecule has 20 heavy (non-hydrogen) atoms. The van der Waals surface area contributed by atoms with E-state index in [2.05, 4.69) is 0 Å². The van der Waals surface area contributed by atoms with E-state index in [1.54, 1.807) is 19.2 Å². The van der Waals surface area contributed by atoms with Crippen LogP contribution in [0.4, 0.5) is 4.39 Å². The van der Waals surface area contributed by atoms with Crippen LogP contribution in [0, 0.1) is 5.82 Å². The van der Waals surface area contributed by atoms with Gasteiger partial charge in [-0.25, -0.2) is 4.39 Å². The second-order valence-electron chi connectivity index (χ2n) is 4.97. The van der Waals surface area contributed by atoms with E-state index in [4.69, 9.17) is 5.11 Å². The molecule has 0 saturated heterocycles. The van der Waals surface area contributed by atoms with Gasteiger partial charge < -0.3 is 10.0 Å². The molecular weight excluding hydrogens is 261 g/mol. The van der Waals surface area contributed by atoms with Crippen molar-refractivity contribution in [1.29, 1.82) is 0 Å². The summed E-state index contributed by atoms with van der Waals surface area (Å²) in [4.78, 5) is 23.9. The number of amides is 1. The molecule has 0 aromatic heterocycles. The third-order valence-electron chi connectivity index (χ3n) is 3.21. The Kier molecular flexibility index (Phi) is 6.15. The Morgan fingerprint density at radius 3 is 2.70 bits per heavy atom. The monoisotopic (exact) mass is 281 g/mol. The first-order valence-corrected chi connectivity index (χ1v) is 6.61. The van der Waals surface area contributed by atoms with Crippen LogP contribution in [0.15, 0.2) is 24.3 Å². The highest BCUT2D eigenvalue weighted by molar-refractivity contribution is 5.76. The third-order valence-corrected chi connectivity index (χ3v) is 3.21. The van der Waals surface area contributed by atoms with E-state index in [1.807, 2.05) is 6.92 Å². The van der Waals surface area contributed by atoms with E-state index < -0.39 is 5.97 Å². The molecule has 1 unspecified atom stereocenters. The van der Waals surface area contributed by atoms with Gasteiger partial charge in [0.1, 0.15) is 5.82 Å². The zero-order valence-electron chi connectivity index (χ0n) is 11.8. The quantitative estimate of drug-likeness (QED) is 0.836. The Balaban J connectivity index is 2.46. The van der Waals surface area contributed by atoms with Gasteiger partial charge in [0.2, 0.25) is 5.91 Å². The van der Waals surface area contributed by atoms with Crippen LogP contribution < -0.4 is 0 Å². The summed E-state index contributed by atoms with van der Waals surface area (Å²) in [6.45, 7) is 2.29. The second kappa shape index (κ2) is 7.62. The summed E-state index contributed by atoms with van der Waals surface area (Å²) in [6.07, 6.45) is 0.774. The van der Waals surface area contributed by atoms with E-state index in [0.29, 0.717) is 13.0 Å². The first-order chi connectivity index (χ1) is 9.40. The molecule has 0 fully saturated rings. The minimum atomic E-state index is -0.862. The summed E-state index contributed by atoms with van der Waals surface area (Å²) in [6, 6.07) is 6.23. The molecule has 0 aliphatic rings. The predicted molar refractivity (Wildman–Crippen MR) is 73.9 cm³/mol. The summed E-state index contributed by atoms with van der Waals surface area (Å²) < 4.78 is 13.1. The topological polar surface area (TPSA) is 57.6 Å². The zero-order valence-corrected chi connectivity index (χ0v) is 11.8. The molecule has 0 bridgehead atoms. The van der Waals surface area contributed by atoms with Gasteiger partial charge in [0.05, 0.1) is 0 Å². The second-order valence-corrected chi connectivity index (χ2v) is 4.97. The average molecular weight is 281 g/mol. The smallest absolute Gasteiger partial charge is 0.303 e. The van der Waals surface area contributed by atoms with Gasteiger partial charge in [-0.05, 0) is 30.0 Å². The van der Waals surface area contributed by atoms with Crippen LogP contribution in [-0.4, -0.2) is 35.5 Å². The maximum atomic E-state index is 13.1. The summed E-state index contributed by atoms with van der Waals surface area (Å²) in [5, 5.41) is 8.55. The Labute approximate surface area is 118 Å². The first kappa shape index (κ1) is 16.1. The molecule has 0 aliphatic carbocycles. The lowest BCUT2D eigenvalue weighted by atomic mass is 9.97. The number of hydrogen-bond donors (Lipinski definition) is 1. The fraction of sp³-hybridized carbons (Fsp3) is 0.467. The molecule has 5 heteroatoms. The van der Waals surface area contributed by atoms with Crippen LogP contribution in [0.25, 0.3) is 0 Å². The standard InChI is InChI=1S/C15H20FNO3/c1-11(12-5-3-6-13(16)10-12)9-14(18)17(2)8-4-7-15(19)20/h3,5-6,10-11H,4,7-9H2,1-2H3,(H,19,20). The van der Waals surface area contributed by atoms with Gasteiger partial charge in [-0.1, -0.05) is 19.1 Å². The lowest BCUT2D eigenvalue weighted by Crippen LogP contribution is -2.29. The number of rotatable bonds is 7. The van der Waals surface area contributed by atoms with Crippen molar-refractivity contribution >= 4 is 11.9 Å². The normalized spacial score (nSPS) is 11.9. The van der Waals surface area contributed by atoms with Crippen molar-refractivity contribution in [3.63, 3.8) is 0 Å². The zero-order chi connectivity index (χ0) is 15.1. The van der Waals surface area contributed by atoms with E-state index in [0.717, 1.165) is 5.56 Å². The largest absolute Gasteiger partial charge is 0.481 e. The molecule has 1 aromatic carbocycles. The van der Waals surface area contributed by atoms with Crippen LogP contribution >= 0.6 is 0 Å². The van der Waals surface area contributed by atoms with E-state index in [1.165, 1.54) is 17.0 Å². The predicted octanol–water partition coefficient (Wildman–Crippen LogP) is 2.64. The van der Waals surface area contributed by atoms with E-state index >= 15 is 0 Å². The van der Waals surface area contributed by atoms with Crippen LogP contribution in [0.3, 0.4) is 0 Å². The number of benzene rings is 1. The average Bonchev–Trinajstić information content (AvgIpc) is 2.38. The summed E-state index contributed by atoms with van der Waals surface area (Å²) in [5.74, 6) is -1.30. The van der Waals surface area contributed by atoms with Crippen LogP contribution in [0.5, 0.6) is 0 Å². The molecule has 1 aromatic rings. The maximum Gasteiger partial charge on any atom is 0.303 e. The lowest BCUT2D eigenvalue weighted by molar-refractivity contribution is -0.138. The molecule has 0 spiro atoms. The number of carbonyl (C=O) groups excluding carboxylic acids is 1. The van der Waals surface area contributed by atoms with Crippen molar-refractivity contribution in [1.82, 2.24) is 4.90 Å². The molecule has 4 nitrogen and oxygen atoms in total. The SMILES string of the molecule is CC(CC(=O)N(C)CCCC(=O)O)c1cccc(F)c1. The van der Waals surface area contributed by atoms with Gasteiger partial charge >= 0.3 is 5.97 Å². The van der Waals surface area contributed by atoms with Gasteiger partial charge in [0, 0.05) is 26.4 Å². The maximum absolute atomic E-state index is 13.1. The minimum Gasteiger partial charge on any atom is -0.481 e. The van der Waals surface area contributed by atoms with Gasteiger partial charge in [-0.15, -0.1) is 0 Å². The Hall–Kier alpha value is -1.91. The highest BCUT2D eigenvalue weighted by Gasteiger charge is 2.15. The van der Waals surface area contributed by atoms with Crippen molar-refractivity contribution in [2.24, 2.45) is 0 Å².